The van der Waals surface area contributed by atoms with E-state index < -0.39 is 0 Å². The summed E-state index contributed by atoms with van der Waals surface area (Å²) in [4.78, 5) is 27.2. The van der Waals surface area contributed by atoms with Crippen molar-refractivity contribution >= 4 is 24.3 Å². The van der Waals surface area contributed by atoms with Crippen LogP contribution in [0.1, 0.15) is 28.3 Å². The van der Waals surface area contributed by atoms with Crippen molar-refractivity contribution in [3.8, 4) is 5.75 Å². The van der Waals surface area contributed by atoms with Crippen molar-refractivity contribution in [2.45, 2.75) is 12.3 Å². The molecule has 24 heavy (non-hydrogen) atoms. The second-order valence-corrected chi connectivity index (χ2v) is 5.81. The van der Waals surface area contributed by atoms with Gasteiger partial charge in [0.15, 0.2) is 0 Å². The van der Waals surface area contributed by atoms with Crippen molar-refractivity contribution in [1.29, 1.82) is 0 Å². The predicted molar refractivity (Wildman–Crippen MR) is 92.6 cm³/mol. The summed E-state index contributed by atoms with van der Waals surface area (Å²) in [6, 6.07) is 9.09. The van der Waals surface area contributed by atoms with Gasteiger partial charge in [0.25, 0.3) is 0 Å². The Morgan fingerprint density at radius 1 is 1.33 bits per heavy atom. The molecule has 0 aliphatic carbocycles. The molecule has 126 valence electrons. The molecule has 2 aromatic rings. The molecule has 1 aliphatic heterocycles. The molecule has 5 nitrogen and oxygen atoms in total. The Kier molecular flexibility index (Phi) is 6.75. The third-order valence-electron chi connectivity index (χ3n) is 3.85. The average Bonchev–Trinajstić information content (AvgIpc) is 3.11. The Morgan fingerprint density at radius 3 is 2.67 bits per heavy atom. The predicted octanol–water partition coefficient (Wildman–Crippen LogP) is 3.19. The maximum atomic E-state index is 11.1. The smallest absolute Gasteiger partial charge is 0.209 e. The van der Waals surface area contributed by atoms with Crippen LogP contribution in [0.15, 0.2) is 42.7 Å². The summed E-state index contributed by atoms with van der Waals surface area (Å²) in [7, 11) is 1.58. The molecule has 0 N–H and O–H groups in total. The summed E-state index contributed by atoms with van der Waals surface area (Å²) in [6.45, 7) is 1.45. The van der Waals surface area contributed by atoms with Crippen LogP contribution in [0.3, 0.4) is 0 Å². The van der Waals surface area contributed by atoms with Crippen molar-refractivity contribution in [3.05, 3.63) is 58.9 Å². The fourth-order valence-corrected chi connectivity index (χ4v) is 2.76. The molecule has 1 fully saturated rings. The Labute approximate surface area is 146 Å². The van der Waals surface area contributed by atoms with Crippen molar-refractivity contribution in [2.24, 2.45) is 0 Å². The van der Waals surface area contributed by atoms with Gasteiger partial charge in [0.05, 0.1) is 12.1 Å². The van der Waals surface area contributed by atoms with Crippen LogP contribution in [0.4, 0.5) is 0 Å². The van der Waals surface area contributed by atoms with Gasteiger partial charge in [-0.1, -0.05) is 17.7 Å². The van der Waals surface area contributed by atoms with Gasteiger partial charge in [0.2, 0.25) is 6.41 Å². The minimum Gasteiger partial charge on any atom is -0.497 e. The molecule has 3 rings (SSSR count). The van der Waals surface area contributed by atoms with Crippen LogP contribution in [0, 0.1) is 0 Å². The quantitative estimate of drug-likeness (QED) is 0.798. The Bertz CT molecular complexity index is 679. The number of pyridine rings is 1. The molecule has 0 saturated carbocycles. The number of carbonyl (C=O) groups excluding carboxylic acids is 2. The maximum absolute atomic E-state index is 11.1. The first-order chi connectivity index (χ1) is 11.7. The molecule has 1 unspecified atom stereocenters. The first-order valence-electron chi connectivity index (χ1n) is 7.56. The number of hydrogen-bond acceptors (Lipinski definition) is 4. The minimum atomic E-state index is 0.256. The number of methoxy groups -OCH3 is 1. The third kappa shape index (κ3) is 4.80. The summed E-state index contributed by atoms with van der Waals surface area (Å²) in [6.07, 6.45) is 5.91. The van der Waals surface area contributed by atoms with Crippen LogP contribution < -0.4 is 4.74 Å². The van der Waals surface area contributed by atoms with E-state index in [0.717, 1.165) is 31.2 Å². The van der Waals surface area contributed by atoms with Gasteiger partial charge in [-0.3, -0.25) is 14.6 Å². The van der Waals surface area contributed by atoms with E-state index in [0.29, 0.717) is 22.9 Å². The molecule has 0 spiro atoms. The summed E-state index contributed by atoms with van der Waals surface area (Å²) in [5.74, 6) is 0.937. The van der Waals surface area contributed by atoms with Crippen LogP contribution in [0.5, 0.6) is 5.75 Å². The van der Waals surface area contributed by atoms with Crippen LogP contribution in [-0.2, 0) is 4.79 Å². The summed E-state index contributed by atoms with van der Waals surface area (Å²) in [5.41, 5.74) is 1.66. The van der Waals surface area contributed by atoms with E-state index in [-0.39, 0.29) is 5.92 Å². The lowest BCUT2D eigenvalue weighted by Gasteiger charge is -2.14. The average molecular weight is 347 g/mol. The van der Waals surface area contributed by atoms with E-state index >= 15 is 0 Å². The zero-order chi connectivity index (χ0) is 17.4. The first kappa shape index (κ1) is 17.9. The Balaban J connectivity index is 0.000000249. The Morgan fingerprint density at radius 2 is 2.17 bits per heavy atom. The highest BCUT2D eigenvalue weighted by molar-refractivity contribution is 6.30. The second-order valence-electron chi connectivity index (χ2n) is 5.37. The lowest BCUT2D eigenvalue weighted by Crippen LogP contribution is -2.17. The Hall–Kier alpha value is -2.40. The number of ether oxygens (including phenoxy) is 1. The molecular formula is C18H19ClN2O3. The number of likely N-dealkylation sites (tertiary alicyclic amines) is 1. The number of nitrogens with zero attached hydrogens (tertiary/aromatic N) is 2. The normalized spacial score (nSPS) is 16.1. The monoisotopic (exact) mass is 346 g/mol. The highest BCUT2D eigenvalue weighted by atomic mass is 35.5. The van der Waals surface area contributed by atoms with E-state index in [9.17, 15) is 9.59 Å². The van der Waals surface area contributed by atoms with Crippen LogP contribution >= 0.6 is 11.6 Å². The molecule has 0 bridgehead atoms. The van der Waals surface area contributed by atoms with Crippen molar-refractivity contribution < 1.29 is 14.3 Å². The van der Waals surface area contributed by atoms with Crippen molar-refractivity contribution in [2.75, 3.05) is 20.2 Å². The molecule has 0 radical (unpaired) electrons. The molecule has 1 aromatic heterocycles. The van der Waals surface area contributed by atoms with Gasteiger partial charge in [-0.25, -0.2) is 0 Å². The van der Waals surface area contributed by atoms with Gasteiger partial charge < -0.3 is 9.64 Å². The number of carbonyl (C=O) groups is 2. The highest BCUT2D eigenvalue weighted by Gasteiger charge is 2.24. The lowest BCUT2D eigenvalue weighted by atomic mass is 9.94. The van der Waals surface area contributed by atoms with Crippen molar-refractivity contribution in [3.63, 3.8) is 0 Å². The van der Waals surface area contributed by atoms with Gasteiger partial charge in [0.1, 0.15) is 12.0 Å². The largest absolute Gasteiger partial charge is 0.497 e. The SMILES string of the molecule is COc1ccc(C2CCN(C=O)C2)c(C=O)c1.Clc1cccnc1. The van der Waals surface area contributed by atoms with E-state index in [4.69, 9.17) is 16.3 Å². The number of amides is 1. The number of hydrogen-bond donors (Lipinski definition) is 0. The number of rotatable bonds is 4. The molecule has 1 amide bonds. The second kappa shape index (κ2) is 9.03. The van der Waals surface area contributed by atoms with Gasteiger partial charge in [0, 0.05) is 37.0 Å². The van der Waals surface area contributed by atoms with Crippen LogP contribution in [-0.4, -0.2) is 42.8 Å². The summed E-state index contributed by atoms with van der Waals surface area (Å²) < 4.78 is 5.09. The van der Waals surface area contributed by atoms with E-state index in [2.05, 4.69) is 4.98 Å². The van der Waals surface area contributed by atoms with Gasteiger partial charge in [-0.15, -0.1) is 0 Å². The van der Waals surface area contributed by atoms with Crippen LogP contribution in [0.2, 0.25) is 5.02 Å². The molecule has 6 heteroatoms. The number of benzene rings is 1. The topological polar surface area (TPSA) is 59.5 Å². The number of aromatic nitrogens is 1. The van der Waals surface area contributed by atoms with E-state index in [1.807, 2.05) is 12.1 Å². The molecule has 1 aliphatic rings. The molecule has 1 aromatic carbocycles. The third-order valence-corrected chi connectivity index (χ3v) is 4.08. The maximum Gasteiger partial charge on any atom is 0.209 e. The molecule has 2 heterocycles. The van der Waals surface area contributed by atoms with Gasteiger partial charge >= 0.3 is 0 Å². The fourth-order valence-electron chi connectivity index (χ4n) is 2.63. The highest BCUT2D eigenvalue weighted by Crippen LogP contribution is 2.30. The van der Waals surface area contributed by atoms with E-state index in [1.165, 1.54) is 0 Å². The zero-order valence-electron chi connectivity index (χ0n) is 13.4. The molecule has 1 atom stereocenters. The standard InChI is InChI=1S/C13H15NO3.C5H4ClN/c1-17-12-2-3-13(11(6-12)8-15)10-4-5-14(7-10)9-16;6-5-2-1-3-7-4-5/h2-3,6,8-10H,4-5,7H2,1H3;1-4H. The molecule has 1 saturated heterocycles. The minimum absolute atomic E-state index is 0.256. The first-order valence-corrected chi connectivity index (χ1v) is 7.93. The lowest BCUT2D eigenvalue weighted by molar-refractivity contribution is -0.117. The van der Waals surface area contributed by atoms with Gasteiger partial charge in [-0.2, -0.15) is 0 Å². The van der Waals surface area contributed by atoms with E-state index in [1.54, 1.807) is 42.6 Å². The van der Waals surface area contributed by atoms with Crippen LogP contribution in [0.25, 0.3) is 0 Å². The zero-order valence-corrected chi connectivity index (χ0v) is 14.1. The van der Waals surface area contributed by atoms with Crippen molar-refractivity contribution in [1.82, 2.24) is 9.88 Å². The summed E-state index contributed by atoms with van der Waals surface area (Å²) in [5, 5.41) is 0.683. The summed E-state index contributed by atoms with van der Waals surface area (Å²) >= 11 is 5.48. The number of aldehydes is 1. The molecular weight excluding hydrogens is 328 g/mol. The fraction of sp³-hybridized carbons (Fsp3) is 0.278. The van der Waals surface area contributed by atoms with Gasteiger partial charge in [-0.05, 0) is 36.2 Å². The number of halogens is 1.